The van der Waals surface area contributed by atoms with Gasteiger partial charge in [0.2, 0.25) is 5.91 Å². The second-order valence-corrected chi connectivity index (χ2v) is 9.56. The second-order valence-electron chi connectivity index (χ2n) is 8.16. The highest BCUT2D eigenvalue weighted by Gasteiger charge is 2.45. The van der Waals surface area contributed by atoms with Crippen molar-refractivity contribution in [3.63, 3.8) is 0 Å². The van der Waals surface area contributed by atoms with E-state index in [1.165, 1.54) is 19.3 Å². The molecule has 0 bridgehead atoms. The summed E-state index contributed by atoms with van der Waals surface area (Å²) < 4.78 is 0. The van der Waals surface area contributed by atoms with Gasteiger partial charge in [-0.15, -0.1) is 11.8 Å². The summed E-state index contributed by atoms with van der Waals surface area (Å²) in [6, 6.07) is -0.268. The summed E-state index contributed by atoms with van der Waals surface area (Å²) in [4.78, 5) is 16.6. The predicted molar refractivity (Wildman–Crippen MR) is 102 cm³/mol. The molecule has 0 radical (unpaired) electrons. The number of hydrogen-bond acceptors (Lipinski definition) is 6. The molecule has 0 saturated carbocycles. The standard InChI is InChI=1S/C18H34N4O2S/c1-13(2)15(19)17(24)22-10-6-18(7-11-22)20-14(12-25-18)16(23)21-8-4-3-5-9-21/h13-16,20,23H,3-12,19H2,1-2H3/t14-,15-,16?/m0/s1. The Bertz CT molecular complexity index is 462. The van der Waals surface area contributed by atoms with Crippen LogP contribution in [-0.2, 0) is 4.79 Å². The minimum Gasteiger partial charge on any atom is -0.377 e. The first-order valence-electron chi connectivity index (χ1n) is 9.80. The molecule has 3 aliphatic heterocycles. The van der Waals surface area contributed by atoms with Crippen molar-refractivity contribution in [1.29, 1.82) is 0 Å². The van der Waals surface area contributed by atoms with Crippen LogP contribution in [0.1, 0.15) is 46.0 Å². The van der Waals surface area contributed by atoms with E-state index >= 15 is 0 Å². The molecule has 1 unspecified atom stereocenters. The van der Waals surface area contributed by atoms with Gasteiger partial charge in [0.1, 0.15) is 6.23 Å². The zero-order chi connectivity index (χ0) is 18.0. The Balaban J connectivity index is 1.51. The first kappa shape index (κ1) is 19.4. The van der Waals surface area contributed by atoms with E-state index in [0.29, 0.717) is 0 Å². The van der Waals surface area contributed by atoms with Gasteiger partial charge in [0.25, 0.3) is 0 Å². The Morgan fingerprint density at radius 2 is 1.84 bits per heavy atom. The fourth-order valence-electron chi connectivity index (χ4n) is 4.14. The third kappa shape index (κ3) is 4.33. The van der Waals surface area contributed by atoms with Gasteiger partial charge in [0.15, 0.2) is 0 Å². The third-order valence-electron chi connectivity index (χ3n) is 6.00. The number of carbonyl (C=O) groups is 1. The molecule has 3 rings (SSSR count). The molecule has 0 aliphatic carbocycles. The summed E-state index contributed by atoms with van der Waals surface area (Å²) in [7, 11) is 0. The van der Waals surface area contributed by atoms with E-state index in [4.69, 9.17) is 5.73 Å². The van der Waals surface area contributed by atoms with E-state index < -0.39 is 6.04 Å². The number of nitrogens with one attached hydrogen (secondary N) is 1. The number of thioether (sulfide) groups is 1. The number of hydrogen-bond donors (Lipinski definition) is 3. The smallest absolute Gasteiger partial charge is 0.239 e. The van der Waals surface area contributed by atoms with Crippen LogP contribution in [0.3, 0.4) is 0 Å². The molecule has 3 fully saturated rings. The van der Waals surface area contributed by atoms with Gasteiger partial charge in [0.05, 0.1) is 17.0 Å². The molecule has 144 valence electrons. The van der Waals surface area contributed by atoms with Crippen LogP contribution in [-0.4, -0.2) is 75.9 Å². The lowest BCUT2D eigenvalue weighted by Crippen LogP contribution is -2.58. The van der Waals surface area contributed by atoms with Gasteiger partial charge in [-0.2, -0.15) is 0 Å². The maximum absolute atomic E-state index is 12.4. The summed E-state index contributed by atoms with van der Waals surface area (Å²) in [5.74, 6) is 1.20. The predicted octanol–water partition coefficient (Wildman–Crippen LogP) is 0.798. The number of aliphatic hydroxyl groups is 1. The van der Waals surface area contributed by atoms with Crippen molar-refractivity contribution in [2.75, 3.05) is 31.9 Å². The summed E-state index contributed by atoms with van der Waals surface area (Å²) in [6.07, 6.45) is 5.13. The summed E-state index contributed by atoms with van der Waals surface area (Å²) >= 11 is 1.93. The molecular weight excluding hydrogens is 336 g/mol. The molecule has 3 heterocycles. The molecule has 1 spiro atoms. The number of nitrogens with two attached hydrogens (primary N) is 1. The molecule has 0 aromatic rings. The largest absolute Gasteiger partial charge is 0.377 e. The molecule has 3 aliphatic rings. The SMILES string of the molecule is CC(C)[C@H](N)C(=O)N1CCC2(CC1)N[C@H](C(O)N1CCCCC1)CS2. The van der Waals surface area contributed by atoms with Crippen LogP contribution in [0, 0.1) is 5.92 Å². The van der Waals surface area contributed by atoms with Gasteiger partial charge in [-0.1, -0.05) is 20.3 Å². The molecule has 6 nitrogen and oxygen atoms in total. The van der Waals surface area contributed by atoms with E-state index in [0.717, 1.165) is 44.8 Å². The van der Waals surface area contributed by atoms with Crippen molar-refractivity contribution in [3.05, 3.63) is 0 Å². The van der Waals surface area contributed by atoms with Gasteiger partial charge in [-0.05, 0) is 31.6 Å². The van der Waals surface area contributed by atoms with Crippen molar-refractivity contribution < 1.29 is 9.90 Å². The fourth-order valence-corrected chi connectivity index (χ4v) is 5.60. The van der Waals surface area contributed by atoms with Gasteiger partial charge in [0, 0.05) is 31.9 Å². The van der Waals surface area contributed by atoms with Gasteiger partial charge in [-0.3, -0.25) is 15.0 Å². The first-order valence-corrected chi connectivity index (χ1v) is 10.8. The molecule has 0 aromatic carbocycles. The van der Waals surface area contributed by atoms with Crippen LogP contribution >= 0.6 is 11.8 Å². The lowest BCUT2D eigenvalue weighted by molar-refractivity contribution is -0.134. The van der Waals surface area contributed by atoms with Crippen molar-refractivity contribution in [1.82, 2.24) is 15.1 Å². The van der Waals surface area contributed by atoms with Gasteiger partial charge < -0.3 is 15.7 Å². The van der Waals surface area contributed by atoms with Crippen LogP contribution in [0.4, 0.5) is 0 Å². The van der Waals surface area contributed by atoms with E-state index in [1.807, 2.05) is 30.5 Å². The lowest BCUT2D eigenvalue weighted by Gasteiger charge is -2.41. The van der Waals surface area contributed by atoms with Gasteiger partial charge in [-0.25, -0.2) is 0 Å². The summed E-state index contributed by atoms with van der Waals surface area (Å²) in [5, 5.41) is 14.4. The highest BCUT2D eigenvalue weighted by Crippen LogP contribution is 2.40. The van der Waals surface area contributed by atoms with Crippen LogP contribution < -0.4 is 11.1 Å². The van der Waals surface area contributed by atoms with Gasteiger partial charge >= 0.3 is 0 Å². The zero-order valence-electron chi connectivity index (χ0n) is 15.6. The molecule has 7 heteroatoms. The zero-order valence-corrected chi connectivity index (χ0v) is 16.4. The maximum atomic E-state index is 12.4. The monoisotopic (exact) mass is 370 g/mol. The van der Waals surface area contributed by atoms with E-state index in [-0.39, 0.29) is 29.0 Å². The average molecular weight is 371 g/mol. The van der Waals surface area contributed by atoms with Crippen LogP contribution in [0.15, 0.2) is 0 Å². The van der Waals surface area contributed by atoms with Crippen molar-refractivity contribution in [2.24, 2.45) is 11.7 Å². The molecule has 4 N–H and O–H groups in total. The number of amides is 1. The Morgan fingerprint density at radius 1 is 1.20 bits per heavy atom. The summed E-state index contributed by atoms with van der Waals surface area (Å²) in [6.45, 7) is 7.51. The number of piperidine rings is 2. The first-order chi connectivity index (χ1) is 11.9. The van der Waals surface area contributed by atoms with E-state index in [9.17, 15) is 9.90 Å². The quantitative estimate of drug-likeness (QED) is 0.679. The fraction of sp³-hybridized carbons (Fsp3) is 0.944. The van der Waals surface area contributed by atoms with Crippen molar-refractivity contribution in [3.8, 4) is 0 Å². The van der Waals surface area contributed by atoms with E-state index in [2.05, 4.69) is 10.2 Å². The highest BCUT2D eigenvalue weighted by atomic mass is 32.2. The van der Waals surface area contributed by atoms with Crippen LogP contribution in [0.2, 0.25) is 0 Å². The molecule has 3 saturated heterocycles. The van der Waals surface area contributed by atoms with Crippen molar-refractivity contribution in [2.45, 2.75) is 69.1 Å². The normalized spacial score (nSPS) is 30.0. The molecular formula is C18H34N4O2S. The molecule has 1 amide bonds. The lowest BCUT2D eigenvalue weighted by atomic mass is 9.99. The second kappa shape index (κ2) is 8.13. The Kier molecular flexibility index (Phi) is 6.31. The number of rotatable bonds is 4. The van der Waals surface area contributed by atoms with Crippen LogP contribution in [0.5, 0.6) is 0 Å². The van der Waals surface area contributed by atoms with E-state index in [1.54, 1.807) is 0 Å². The average Bonchev–Trinajstić information content (AvgIpc) is 3.04. The third-order valence-corrected chi connectivity index (χ3v) is 7.60. The number of carbonyl (C=O) groups excluding carboxylic acids is 1. The highest BCUT2D eigenvalue weighted by molar-refractivity contribution is 8.00. The molecule has 3 atom stereocenters. The van der Waals surface area contributed by atoms with Crippen LogP contribution in [0.25, 0.3) is 0 Å². The number of aliphatic hydroxyl groups excluding tert-OH is 1. The summed E-state index contributed by atoms with van der Waals surface area (Å²) in [5.41, 5.74) is 6.03. The van der Waals surface area contributed by atoms with Crippen molar-refractivity contribution >= 4 is 17.7 Å². The minimum atomic E-state index is -0.396. The molecule has 0 aromatic heterocycles. The molecule has 25 heavy (non-hydrogen) atoms. The number of likely N-dealkylation sites (tertiary alicyclic amines) is 2. The topological polar surface area (TPSA) is 81.8 Å². The Labute approximate surface area is 155 Å². The number of nitrogens with zero attached hydrogens (tertiary/aromatic N) is 2. The Hall–Kier alpha value is -0.340. The minimum absolute atomic E-state index is 0.0140. The maximum Gasteiger partial charge on any atom is 0.239 e. The Morgan fingerprint density at radius 3 is 2.44 bits per heavy atom.